The summed E-state index contributed by atoms with van der Waals surface area (Å²) in [7, 11) is 14.8. The average molecular weight is 1880 g/mol. The number of ketones is 5. The molecule has 0 aliphatic rings. The highest BCUT2D eigenvalue weighted by molar-refractivity contribution is 9.10. The van der Waals surface area contributed by atoms with E-state index in [4.69, 9.17) is 99.1 Å². The molecule has 121 heavy (non-hydrogen) atoms. The molecule has 2 atom stereocenters. The largest absolute Gasteiger partial charge is 0.495 e. The standard InChI is InChI=1S/C29H27ClN2O7.C15H14ClNO3.C14H12ClNO3.C8H6BrClO.C7H10BNO4.C6H11BrO3.C6H12O3/c1-16(33)20-6-5-19(30)13-21(20)22-14-28(35)32(15-27(22)39-3)25(8-9-38-2)26(34)11-17-4-7-23-18(10-17)12-24(31-23)29(36)37;1-9(18)11-5-4-10(16)6-12(11)13-7-15(20-3)17-8-14(13)19-2;1-8(17)10-4-3-9(15)5-11(10)12-6-14(18)16-7-13(12)19-2;1-5(11)7-3-2-6(10)4-8(7)9;1-12-6-4-9-7(13-2)3-5(6)8(10)11;1-9-4-3-5(7)6(8)10-2;1-8-5-3-4-6(7)9-2/h4-7,10,12-15,25,31H,8-9,11H2,1-3H3,(H,36,37);4-8H,1-3H3;3-7H,1-2H3,(H,16,18);2-4H,1H3;3-4,10-11H,1-2H3;5H,3-4H2,1-2H3;3-5H2,1-2H3. The number of Topliss-reactive ketones (excluding diaryl/α,β-unsaturated/α-hetero) is 5. The van der Waals surface area contributed by atoms with E-state index in [1.54, 1.807) is 125 Å². The fourth-order valence-corrected chi connectivity index (χ4v) is 12.9. The van der Waals surface area contributed by atoms with E-state index in [2.05, 4.69) is 61.3 Å². The van der Waals surface area contributed by atoms with Gasteiger partial charge in [-0.1, -0.05) is 68.4 Å². The molecule has 0 fully saturated rings. The first-order valence-corrected chi connectivity index (χ1v) is 39.4. The molecule has 0 spiro atoms. The van der Waals surface area contributed by atoms with Gasteiger partial charge in [-0.15, -0.1) is 0 Å². The number of aromatic carboxylic acids is 1. The van der Waals surface area contributed by atoms with Crippen LogP contribution in [0.15, 0.2) is 160 Å². The number of nitrogens with zero attached hydrogens (tertiary/aromatic N) is 3. The van der Waals surface area contributed by atoms with E-state index < -0.39 is 24.7 Å². The van der Waals surface area contributed by atoms with Crippen LogP contribution in [0, 0.1) is 0 Å². The second-order valence-corrected chi connectivity index (χ2v) is 29.0. The van der Waals surface area contributed by atoms with Gasteiger partial charge in [-0.05, 0) is 176 Å². The van der Waals surface area contributed by atoms with Crippen molar-refractivity contribution in [3.05, 3.63) is 225 Å². The number of aromatic nitrogens is 5. The van der Waals surface area contributed by atoms with Gasteiger partial charge in [0.2, 0.25) is 17.3 Å². The van der Waals surface area contributed by atoms with Crippen molar-refractivity contribution in [3.63, 3.8) is 0 Å². The predicted octanol–water partition coefficient (Wildman–Crippen LogP) is 15.1. The van der Waals surface area contributed by atoms with Gasteiger partial charge in [-0.3, -0.25) is 43.2 Å². The van der Waals surface area contributed by atoms with Gasteiger partial charge in [0.25, 0.3) is 5.56 Å². The predicted molar refractivity (Wildman–Crippen MR) is 470 cm³/mol. The summed E-state index contributed by atoms with van der Waals surface area (Å²) >= 11 is 30.3. The van der Waals surface area contributed by atoms with Crippen molar-refractivity contribution in [2.45, 2.75) is 70.7 Å². The van der Waals surface area contributed by atoms with Gasteiger partial charge in [-0.2, -0.15) is 0 Å². The van der Waals surface area contributed by atoms with E-state index in [0.717, 1.165) is 10.9 Å². The Morgan fingerprint density at radius 1 is 0.512 bits per heavy atom. The number of halogens is 6. The number of carbonyl (C=O) groups excluding carboxylic acids is 7. The van der Waals surface area contributed by atoms with E-state index in [1.807, 2.05) is 0 Å². The first-order chi connectivity index (χ1) is 57.5. The molecule has 0 bridgehead atoms. The van der Waals surface area contributed by atoms with E-state index in [0.29, 0.717) is 153 Å². The van der Waals surface area contributed by atoms with Crippen LogP contribution in [0.2, 0.25) is 20.1 Å². The normalized spacial score (nSPS) is 10.8. The van der Waals surface area contributed by atoms with Crippen LogP contribution in [-0.2, 0) is 44.5 Å². The quantitative estimate of drug-likeness (QED) is 0.00917. The molecule has 0 radical (unpaired) electrons. The van der Waals surface area contributed by atoms with Crippen molar-refractivity contribution >= 4 is 149 Å². The van der Waals surface area contributed by atoms with Crippen LogP contribution >= 0.6 is 78.3 Å². The molecule has 36 heteroatoms. The number of hydrogen-bond donors (Lipinski definition) is 5. The minimum absolute atomic E-state index is 0.0111. The number of pyridine rings is 4. The Morgan fingerprint density at radius 3 is 1.44 bits per heavy atom. The molecular weight excluding hydrogens is 1790 g/mol. The average Bonchev–Trinajstić information content (AvgIpc) is 1.16. The number of benzene rings is 5. The summed E-state index contributed by atoms with van der Waals surface area (Å²) in [6.07, 6.45) is 7.93. The number of nitrogens with one attached hydrogen (secondary N) is 2. The van der Waals surface area contributed by atoms with Crippen LogP contribution in [0.3, 0.4) is 0 Å². The number of carboxylic acid groups (broad SMARTS) is 1. The van der Waals surface area contributed by atoms with E-state index >= 15 is 0 Å². The summed E-state index contributed by atoms with van der Waals surface area (Å²) < 4.78 is 56.5. The molecular formula is C85H92BBr2Cl4N5O24. The Bertz CT molecular complexity index is 5340. The second-order valence-electron chi connectivity index (χ2n) is 25.3. The van der Waals surface area contributed by atoms with Crippen LogP contribution in [0.25, 0.3) is 44.3 Å². The fourth-order valence-electron chi connectivity index (χ4n) is 11.1. The number of methoxy groups -OCH3 is 11. The van der Waals surface area contributed by atoms with Crippen LogP contribution < -0.4 is 45.0 Å². The van der Waals surface area contributed by atoms with Crippen molar-refractivity contribution < 1.29 is 106 Å². The minimum atomic E-state index is -1.59. The third kappa shape index (κ3) is 32.0. The summed E-state index contributed by atoms with van der Waals surface area (Å²) in [4.78, 5) is 130. The van der Waals surface area contributed by atoms with Crippen molar-refractivity contribution in [3.8, 4) is 68.1 Å². The number of rotatable bonds is 30. The summed E-state index contributed by atoms with van der Waals surface area (Å²) in [5.41, 5.74) is 6.36. The lowest BCUT2D eigenvalue weighted by Crippen LogP contribution is -2.31. The number of ether oxygens (including phenoxy) is 11. The first-order valence-electron chi connectivity index (χ1n) is 36.2. The molecule has 646 valence electrons. The van der Waals surface area contributed by atoms with Crippen LogP contribution in [0.1, 0.15) is 117 Å². The van der Waals surface area contributed by atoms with Crippen molar-refractivity contribution in [2.75, 3.05) is 98.0 Å². The van der Waals surface area contributed by atoms with Gasteiger partial charge in [0.15, 0.2) is 28.9 Å². The monoisotopic (exact) mass is 1880 g/mol. The van der Waals surface area contributed by atoms with Crippen LogP contribution in [-0.4, -0.2) is 196 Å². The number of fused-ring (bicyclic) bond motifs is 1. The summed E-state index contributed by atoms with van der Waals surface area (Å²) in [6.45, 7) is 7.33. The third-order valence-corrected chi connectivity index (χ3v) is 19.5. The molecule has 0 aliphatic heterocycles. The van der Waals surface area contributed by atoms with Crippen LogP contribution in [0.5, 0.6) is 34.8 Å². The molecule has 29 nitrogen and oxygen atoms in total. The maximum atomic E-state index is 13.5. The molecule has 0 saturated carbocycles. The molecule has 10 aromatic rings. The number of carbonyl (C=O) groups is 8. The SMILES string of the molecule is CC(=O)c1ccc(Cl)cc1Br.COCCC(Br)C(=O)OC.COCCC(C(=O)Cc1ccc2[nH]c(C(=O)O)cc2c1)n1cc(OC)c(-c2cc(Cl)ccc2C(C)=O)cc1=O.COCCCC(=O)OC.COc1c[nH]c(=O)cc1-c1cc(Cl)ccc1C(C)=O.COc1cc(-c2cc(Cl)ccc2C(C)=O)c(OC)cn1.COc1cc(B(O)O)c(OC)cn1. The van der Waals surface area contributed by atoms with Gasteiger partial charge in [0.1, 0.15) is 33.5 Å². The lowest BCUT2D eigenvalue weighted by Gasteiger charge is -2.21. The van der Waals surface area contributed by atoms with E-state index in [1.165, 1.54) is 132 Å². The number of alkyl halides is 1. The zero-order valence-electron chi connectivity index (χ0n) is 68.8. The third-order valence-electron chi connectivity index (χ3n) is 17.1. The number of H-pyrrole nitrogens is 2. The molecule has 0 aliphatic carbocycles. The lowest BCUT2D eigenvalue weighted by molar-refractivity contribution is -0.141. The Labute approximate surface area is 735 Å². The van der Waals surface area contributed by atoms with Gasteiger partial charge < -0.3 is 81.8 Å². The topological polar surface area (TPSA) is 395 Å². The Kier molecular flexibility index (Phi) is 44.6. The van der Waals surface area contributed by atoms with Gasteiger partial charge in [-0.25, -0.2) is 14.8 Å². The number of carboxylic acids is 1. The summed E-state index contributed by atoms with van der Waals surface area (Å²) in [5.74, 6) is 0.342. The van der Waals surface area contributed by atoms with Crippen molar-refractivity contribution in [2.24, 2.45) is 0 Å². The minimum Gasteiger partial charge on any atom is -0.495 e. The molecule has 5 N–H and O–H groups in total. The smallest absolute Gasteiger partial charge is 0.492 e. The highest BCUT2D eigenvalue weighted by Crippen LogP contribution is 2.38. The maximum absolute atomic E-state index is 13.5. The molecule has 10 rings (SSSR count). The highest BCUT2D eigenvalue weighted by Gasteiger charge is 2.27. The maximum Gasteiger partial charge on any atom is 0.492 e. The van der Waals surface area contributed by atoms with Gasteiger partial charge in [0.05, 0.1) is 81.5 Å². The molecule has 5 aromatic heterocycles. The van der Waals surface area contributed by atoms with Gasteiger partial charge >= 0.3 is 25.0 Å². The Balaban J connectivity index is 0.000000320. The fraction of sp³-hybridized carbons (Fsp3) is 0.294. The van der Waals surface area contributed by atoms with Gasteiger partial charge in [0, 0.05) is 164 Å². The molecule has 5 heterocycles. The summed E-state index contributed by atoms with van der Waals surface area (Å²) in [5, 5.41) is 29.8. The van der Waals surface area contributed by atoms with E-state index in [-0.39, 0.29) is 81.8 Å². The first kappa shape index (κ1) is 103. The molecule has 5 aromatic carbocycles. The summed E-state index contributed by atoms with van der Waals surface area (Å²) in [6, 6.07) is 31.7. The Hall–Kier alpha value is -10.6. The number of aromatic amines is 2. The zero-order valence-corrected chi connectivity index (χ0v) is 75.0. The van der Waals surface area contributed by atoms with Crippen LogP contribution in [0.4, 0.5) is 0 Å². The molecule has 2 unspecified atom stereocenters. The highest BCUT2D eigenvalue weighted by atomic mass is 79.9. The Morgan fingerprint density at radius 2 is 0.983 bits per heavy atom. The molecule has 0 saturated heterocycles. The number of esters is 2. The molecule has 0 amide bonds. The van der Waals surface area contributed by atoms with Crippen molar-refractivity contribution in [1.29, 1.82) is 0 Å². The second kappa shape index (κ2) is 52.5. The van der Waals surface area contributed by atoms with E-state index in [9.17, 15) is 53.1 Å². The zero-order chi connectivity index (χ0) is 90.3. The lowest BCUT2D eigenvalue weighted by atomic mass is 9.80. The number of hydrogen-bond acceptors (Lipinski definition) is 25. The van der Waals surface area contributed by atoms with Crippen molar-refractivity contribution in [1.82, 2.24) is 24.5 Å².